The molecule has 2 aromatic rings. The van der Waals surface area contributed by atoms with Gasteiger partial charge in [0, 0.05) is 17.0 Å². The molecule has 0 spiro atoms. The summed E-state index contributed by atoms with van der Waals surface area (Å²) >= 11 is 5.92. The minimum atomic E-state index is -0.332. The fourth-order valence-electron chi connectivity index (χ4n) is 1.81. The Kier molecular flexibility index (Phi) is 3.03. The van der Waals surface area contributed by atoms with E-state index >= 15 is 0 Å². The Balaban J connectivity index is 2.72. The SMILES string of the molecule is Cc1[nH]c(C)c(-c2ccc(F)cc2)c(=O)c1Cl. The number of H-pyrrole nitrogens is 1. The number of nitrogens with one attached hydrogen (secondary N) is 1. The van der Waals surface area contributed by atoms with E-state index in [1.54, 1.807) is 26.0 Å². The minimum absolute atomic E-state index is 0.176. The van der Waals surface area contributed by atoms with Gasteiger partial charge in [0.2, 0.25) is 5.43 Å². The summed E-state index contributed by atoms with van der Waals surface area (Å²) in [7, 11) is 0. The van der Waals surface area contributed by atoms with E-state index in [-0.39, 0.29) is 16.3 Å². The predicted octanol–water partition coefficient (Wildman–Crippen LogP) is 3.45. The molecule has 88 valence electrons. The molecule has 1 heterocycles. The number of pyridine rings is 1. The van der Waals surface area contributed by atoms with E-state index in [0.717, 1.165) is 5.69 Å². The third kappa shape index (κ3) is 2.11. The average molecular weight is 252 g/mol. The number of halogens is 2. The zero-order chi connectivity index (χ0) is 12.6. The Bertz CT molecular complexity index is 617. The van der Waals surface area contributed by atoms with Gasteiger partial charge in [0.15, 0.2) is 0 Å². The molecule has 0 aliphatic heterocycles. The minimum Gasteiger partial charge on any atom is -0.361 e. The van der Waals surface area contributed by atoms with Gasteiger partial charge < -0.3 is 4.98 Å². The van der Waals surface area contributed by atoms with E-state index in [1.165, 1.54) is 12.1 Å². The van der Waals surface area contributed by atoms with Crippen molar-refractivity contribution in [3.8, 4) is 11.1 Å². The van der Waals surface area contributed by atoms with Gasteiger partial charge in [-0.25, -0.2) is 4.39 Å². The average Bonchev–Trinajstić information content (AvgIpc) is 2.29. The summed E-state index contributed by atoms with van der Waals surface area (Å²) in [4.78, 5) is 15.1. The van der Waals surface area contributed by atoms with Crippen molar-refractivity contribution in [2.75, 3.05) is 0 Å². The summed E-state index contributed by atoms with van der Waals surface area (Å²) in [5.41, 5.74) is 2.28. The Labute approximate surface area is 103 Å². The number of aromatic amines is 1. The van der Waals surface area contributed by atoms with Crippen LogP contribution in [0.4, 0.5) is 4.39 Å². The second-order valence-electron chi connectivity index (χ2n) is 3.90. The highest BCUT2D eigenvalue weighted by molar-refractivity contribution is 6.31. The second kappa shape index (κ2) is 4.34. The monoisotopic (exact) mass is 251 g/mol. The molecule has 0 atom stereocenters. The first-order chi connectivity index (χ1) is 8.00. The Morgan fingerprint density at radius 3 is 2.29 bits per heavy atom. The fourth-order valence-corrected chi connectivity index (χ4v) is 1.95. The molecule has 0 aliphatic rings. The summed E-state index contributed by atoms with van der Waals surface area (Å²) in [6, 6.07) is 5.78. The zero-order valence-corrected chi connectivity index (χ0v) is 10.2. The van der Waals surface area contributed by atoms with Gasteiger partial charge in [-0.1, -0.05) is 23.7 Å². The lowest BCUT2D eigenvalue weighted by atomic mass is 10.0. The number of hydrogen-bond acceptors (Lipinski definition) is 1. The molecule has 0 saturated heterocycles. The maximum Gasteiger partial charge on any atom is 0.208 e. The molecule has 0 radical (unpaired) electrons. The lowest BCUT2D eigenvalue weighted by Gasteiger charge is -2.08. The van der Waals surface area contributed by atoms with Crippen LogP contribution in [0.2, 0.25) is 5.02 Å². The standard InChI is InChI=1S/C13H11ClFNO/c1-7-11(9-3-5-10(15)6-4-9)13(17)12(14)8(2)16-7/h3-6H,1-2H3,(H,16,17). The van der Waals surface area contributed by atoms with E-state index in [9.17, 15) is 9.18 Å². The Hall–Kier alpha value is -1.61. The molecule has 0 amide bonds. The van der Waals surface area contributed by atoms with E-state index < -0.39 is 0 Å². The lowest BCUT2D eigenvalue weighted by Crippen LogP contribution is -2.11. The molecule has 1 N–H and O–H groups in total. The van der Waals surface area contributed by atoms with Gasteiger partial charge in [-0.15, -0.1) is 0 Å². The van der Waals surface area contributed by atoms with Crippen LogP contribution in [0.15, 0.2) is 29.1 Å². The molecule has 1 aromatic heterocycles. The number of aromatic nitrogens is 1. The highest BCUT2D eigenvalue weighted by Gasteiger charge is 2.12. The smallest absolute Gasteiger partial charge is 0.208 e. The first kappa shape index (κ1) is 11.9. The fraction of sp³-hybridized carbons (Fsp3) is 0.154. The van der Waals surface area contributed by atoms with Crippen LogP contribution in [-0.2, 0) is 0 Å². The van der Waals surface area contributed by atoms with Gasteiger partial charge in [0.1, 0.15) is 10.8 Å². The largest absolute Gasteiger partial charge is 0.361 e. The third-order valence-electron chi connectivity index (χ3n) is 2.64. The molecule has 0 fully saturated rings. The molecule has 2 rings (SSSR count). The molecule has 0 bridgehead atoms. The highest BCUT2D eigenvalue weighted by Crippen LogP contribution is 2.21. The van der Waals surface area contributed by atoms with Crippen LogP contribution in [0.5, 0.6) is 0 Å². The van der Waals surface area contributed by atoms with E-state index in [4.69, 9.17) is 11.6 Å². The zero-order valence-electron chi connectivity index (χ0n) is 9.47. The highest BCUT2D eigenvalue weighted by atomic mass is 35.5. The van der Waals surface area contributed by atoms with Crippen LogP contribution in [0.1, 0.15) is 11.4 Å². The van der Waals surface area contributed by atoms with Crippen LogP contribution in [0.3, 0.4) is 0 Å². The second-order valence-corrected chi connectivity index (χ2v) is 4.28. The molecule has 0 saturated carbocycles. The van der Waals surface area contributed by atoms with Crippen molar-refractivity contribution >= 4 is 11.6 Å². The number of rotatable bonds is 1. The summed E-state index contributed by atoms with van der Waals surface area (Å²) < 4.78 is 12.8. The topological polar surface area (TPSA) is 32.9 Å². The van der Waals surface area contributed by atoms with Crippen molar-refractivity contribution in [1.82, 2.24) is 4.98 Å². The number of aryl methyl sites for hydroxylation is 2. The van der Waals surface area contributed by atoms with E-state index in [0.29, 0.717) is 16.8 Å². The van der Waals surface area contributed by atoms with Crippen molar-refractivity contribution in [1.29, 1.82) is 0 Å². The quantitative estimate of drug-likeness (QED) is 0.827. The maximum atomic E-state index is 12.8. The maximum absolute atomic E-state index is 12.8. The molecular formula is C13H11ClFNO. The van der Waals surface area contributed by atoms with Gasteiger partial charge in [-0.2, -0.15) is 0 Å². The molecule has 0 aliphatic carbocycles. The predicted molar refractivity (Wildman–Crippen MR) is 66.9 cm³/mol. The van der Waals surface area contributed by atoms with Gasteiger partial charge in [0.25, 0.3) is 0 Å². The van der Waals surface area contributed by atoms with Crippen LogP contribution in [0, 0.1) is 19.7 Å². The van der Waals surface area contributed by atoms with Crippen LogP contribution in [0.25, 0.3) is 11.1 Å². The molecular weight excluding hydrogens is 241 g/mol. The normalized spacial score (nSPS) is 10.6. The first-order valence-electron chi connectivity index (χ1n) is 5.15. The number of hydrogen-bond donors (Lipinski definition) is 1. The van der Waals surface area contributed by atoms with Gasteiger partial charge >= 0.3 is 0 Å². The van der Waals surface area contributed by atoms with Crippen molar-refractivity contribution in [2.45, 2.75) is 13.8 Å². The van der Waals surface area contributed by atoms with Gasteiger partial charge in [0.05, 0.1) is 0 Å². The Morgan fingerprint density at radius 2 is 1.71 bits per heavy atom. The summed E-state index contributed by atoms with van der Waals surface area (Å²) in [5.74, 6) is -0.332. The van der Waals surface area contributed by atoms with Crippen LogP contribution >= 0.6 is 11.6 Å². The van der Waals surface area contributed by atoms with Crippen molar-refractivity contribution < 1.29 is 4.39 Å². The lowest BCUT2D eigenvalue weighted by molar-refractivity contribution is 0.628. The third-order valence-corrected chi connectivity index (χ3v) is 3.09. The molecule has 4 heteroatoms. The first-order valence-corrected chi connectivity index (χ1v) is 5.53. The summed E-state index contributed by atoms with van der Waals surface area (Å²) in [5, 5.41) is 0.176. The van der Waals surface area contributed by atoms with Gasteiger partial charge in [-0.3, -0.25) is 4.79 Å². The van der Waals surface area contributed by atoms with Crippen molar-refractivity contribution in [3.63, 3.8) is 0 Å². The van der Waals surface area contributed by atoms with E-state index in [2.05, 4.69) is 4.98 Å². The molecule has 2 nitrogen and oxygen atoms in total. The van der Waals surface area contributed by atoms with Crippen LogP contribution < -0.4 is 5.43 Å². The van der Waals surface area contributed by atoms with Crippen molar-refractivity contribution in [2.24, 2.45) is 0 Å². The van der Waals surface area contributed by atoms with Crippen LogP contribution in [-0.4, -0.2) is 4.98 Å². The molecule has 1 aromatic carbocycles. The van der Waals surface area contributed by atoms with Gasteiger partial charge in [-0.05, 0) is 31.5 Å². The Morgan fingerprint density at radius 1 is 1.12 bits per heavy atom. The number of benzene rings is 1. The van der Waals surface area contributed by atoms with E-state index in [1.807, 2.05) is 0 Å². The summed E-state index contributed by atoms with van der Waals surface area (Å²) in [6.07, 6.45) is 0. The summed E-state index contributed by atoms with van der Waals surface area (Å²) in [6.45, 7) is 3.54. The molecule has 0 unspecified atom stereocenters. The van der Waals surface area contributed by atoms with Crippen molar-refractivity contribution in [3.05, 3.63) is 56.7 Å². The molecule has 17 heavy (non-hydrogen) atoms.